The van der Waals surface area contributed by atoms with Crippen molar-refractivity contribution in [1.82, 2.24) is 5.01 Å². The monoisotopic (exact) mass is 438 g/mol. The molecule has 5 heteroatoms. The van der Waals surface area contributed by atoms with Gasteiger partial charge in [0.15, 0.2) is 0 Å². The molecule has 0 N–H and O–H groups in total. The summed E-state index contributed by atoms with van der Waals surface area (Å²) in [6.07, 6.45) is 0.551. The van der Waals surface area contributed by atoms with Crippen molar-refractivity contribution in [1.29, 1.82) is 0 Å². The lowest BCUT2D eigenvalue weighted by Crippen LogP contribution is -2.33. The van der Waals surface area contributed by atoms with E-state index in [4.69, 9.17) is 21.4 Å². The first-order chi connectivity index (χ1) is 13.2. The molecule has 2 heterocycles. The number of hydrogen-bond acceptors (Lipinski definition) is 3. The lowest BCUT2D eigenvalue weighted by Gasteiger charge is -2.38. The van der Waals surface area contributed by atoms with Crippen molar-refractivity contribution in [2.24, 2.45) is 5.10 Å². The summed E-state index contributed by atoms with van der Waals surface area (Å²) in [6, 6.07) is 24.5. The molecule has 3 nitrogen and oxygen atoms in total. The number of rotatable bonds is 2. The molecule has 2 aliphatic rings. The molecule has 0 unspecified atom stereocenters. The predicted molar refractivity (Wildman–Crippen MR) is 111 cm³/mol. The lowest BCUT2D eigenvalue weighted by atomic mass is 9.96. The van der Waals surface area contributed by atoms with Gasteiger partial charge in [-0.25, -0.2) is 5.01 Å². The highest BCUT2D eigenvalue weighted by Gasteiger charge is 2.40. The summed E-state index contributed by atoms with van der Waals surface area (Å²) in [5.74, 6) is 0.913. The third kappa shape index (κ3) is 3.03. The van der Waals surface area contributed by atoms with E-state index in [1.165, 1.54) is 5.56 Å². The molecule has 0 aliphatic carbocycles. The van der Waals surface area contributed by atoms with Gasteiger partial charge in [-0.1, -0.05) is 70.0 Å². The fourth-order valence-electron chi connectivity index (χ4n) is 3.73. The molecule has 0 spiro atoms. The number of hydrazone groups is 1. The van der Waals surface area contributed by atoms with Gasteiger partial charge in [-0.05, 0) is 35.9 Å². The zero-order valence-electron chi connectivity index (χ0n) is 14.3. The molecule has 2 aliphatic heterocycles. The van der Waals surface area contributed by atoms with Crippen LogP contribution in [0.1, 0.15) is 35.4 Å². The van der Waals surface area contributed by atoms with Crippen LogP contribution in [0.3, 0.4) is 0 Å². The average molecular weight is 440 g/mol. The summed E-state index contributed by atoms with van der Waals surface area (Å²) < 4.78 is 7.41. The van der Waals surface area contributed by atoms with Crippen molar-refractivity contribution in [3.63, 3.8) is 0 Å². The maximum Gasteiger partial charge on any atom is 0.213 e. The number of halogens is 2. The Balaban J connectivity index is 1.60. The third-order valence-corrected chi connectivity index (χ3v) is 5.77. The average Bonchev–Trinajstić information content (AvgIpc) is 3.13. The van der Waals surface area contributed by atoms with E-state index in [-0.39, 0.29) is 12.3 Å². The smallest absolute Gasteiger partial charge is 0.213 e. The van der Waals surface area contributed by atoms with Crippen LogP contribution in [0.15, 0.2) is 82.4 Å². The van der Waals surface area contributed by atoms with Crippen LogP contribution in [0.4, 0.5) is 0 Å². The van der Waals surface area contributed by atoms with Crippen molar-refractivity contribution in [3.05, 3.63) is 99.0 Å². The molecule has 0 saturated carbocycles. The molecule has 0 radical (unpaired) electrons. The van der Waals surface area contributed by atoms with Crippen molar-refractivity contribution in [2.45, 2.75) is 18.7 Å². The van der Waals surface area contributed by atoms with Gasteiger partial charge in [-0.2, -0.15) is 5.10 Å². The SMILES string of the molecule is Clc1cccc([C@@H]2Oc3ccccc3[C@H]3CC(c4ccc(Br)cc4)=NN32)c1. The number of para-hydroxylation sites is 1. The second-order valence-corrected chi connectivity index (χ2v) is 8.07. The topological polar surface area (TPSA) is 24.8 Å². The van der Waals surface area contributed by atoms with Crippen LogP contribution < -0.4 is 4.74 Å². The number of nitrogens with zero attached hydrogens (tertiary/aromatic N) is 2. The van der Waals surface area contributed by atoms with Crippen LogP contribution >= 0.6 is 27.5 Å². The van der Waals surface area contributed by atoms with E-state index in [0.717, 1.165) is 33.5 Å². The Labute approximate surface area is 171 Å². The minimum atomic E-state index is -0.295. The summed E-state index contributed by atoms with van der Waals surface area (Å²) in [5.41, 5.74) is 4.38. The molecule has 0 aromatic heterocycles. The molecule has 3 aromatic rings. The van der Waals surface area contributed by atoms with Crippen LogP contribution in [0.25, 0.3) is 0 Å². The van der Waals surface area contributed by atoms with Gasteiger partial charge in [0.2, 0.25) is 6.23 Å². The normalized spacial score (nSPS) is 20.5. The minimum Gasteiger partial charge on any atom is -0.464 e. The molecule has 27 heavy (non-hydrogen) atoms. The number of ether oxygens (including phenoxy) is 1. The Bertz CT molecular complexity index is 1030. The van der Waals surface area contributed by atoms with E-state index in [9.17, 15) is 0 Å². The predicted octanol–water partition coefficient (Wildman–Crippen LogP) is 6.34. The van der Waals surface area contributed by atoms with Crippen LogP contribution in [0.2, 0.25) is 5.02 Å². The standard InChI is InChI=1S/C22H16BrClN2O/c23-16-10-8-14(9-11-16)19-13-20-18-6-1-2-7-21(18)27-22(26(20)25-19)15-4-3-5-17(24)12-15/h1-12,20,22H,13H2/t20-,22+/m1/s1. The Morgan fingerprint density at radius 2 is 1.81 bits per heavy atom. The summed E-state index contributed by atoms with van der Waals surface area (Å²) in [6.45, 7) is 0. The van der Waals surface area contributed by atoms with Crippen LogP contribution in [0.5, 0.6) is 5.75 Å². The molecule has 134 valence electrons. The van der Waals surface area contributed by atoms with Crippen molar-refractivity contribution >= 4 is 33.2 Å². The lowest BCUT2D eigenvalue weighted by molar-refractivity contribution is -0.0190. The molecular formula is C22H16BrClN2O. The summed E-state index contributed by atoms with van der Waals surface area (Å²) >= 11 is 9.73. The van der Waals surface area contributed by atoms with Crippen molar-refractivity contribution in [3.8, 4) is 5.75 Å². The first kappa shape index (κ1) is 16.8. The Morgan fingerprint density at radius 1 is 1.00 bits per heavy atom. The molecule has 0 saturated heterocycles. The first-order valence-corrected chi connectivity index (χ1v) is 9.99. The highest BCUT2D eigenvalue weighted by molar-refractivity contribution is 9.10. The van der Waals surface area contributed by atoms with Gasteiger partial charge in [0, 0.05) is 27.0 Å². The third-order valence-electron chi connectivity index (χ3n) is 5.01. The van der Waals surface area contributed by atoms with Gasteiger partial charge in [-0.3, -0.25) is 0 Å². The molecular weight excluding hydrogens is 424 g/mol. The highest BCUT2D eigenvalue weighted by Crippen LogP contribution is 2.47. The van der Waals surface area contributed by atoms with E-state index in [2.05, 4.69) is 45.2 Å². The maximum absolute atomic E-state index is 6.34. The summed E-state index contributed by atoms with van der Waals surface area (Å²) in [7, 11) is 0. The van der Waals surface area contributed by atoms with Gasteiger partial charge < -0.3 is 4.74 Å². The molecule has 5 rings (SSSR count). The van der Waals surface area contributed by atoms with Crippen LogP contribution in [0, 0.1) is 0 Å². The fourth-order valence-corrected chi connectivity index (χ4v) is 4.19. The molecule has 2 atom stereocenters. The van der Waals surface area contributed by atoms with Gasteiger partial charge >= 0.3 is 0 Å². The van der Waals surface area contributed by atoms with Gasteiger partial charge in [0.1, 0.15) is 5.75 Å². The quantitative estimate of drug-likeness (QED) is 0.465. The van der Waals surface area contributed by atoms with E-state index in [1.807, 2.05) is 48.5 Å². The zero-order valence-corrected chi connectivity index (χ0v) is 16.7. The molecule has 0 amide bonds. The van der Waals surface area contributed by atoms with Crippen LogP contribution in [-0.2, 0) is 0 Å². The summed E-state index contributed by atoms with van der Waals surface area (Å²) in [4.78, 5) is 0. The van der Waals surface area contributed by atoms with Crippen LogP contribution in [-0.4, -0.2) is 10.7 Å². The summed E-state index contributed by atoms with van der Waals surface area (Å²) in [5, 5.41) is 7.73. The van der Waals surface area contributed by atoms with Crippen molar-refractivity contribution < 1.29 is 4.74 Å². The van der Waals surface area contributed by atoms with E-state index < -0.39 is 0 Å². The van der Waals surface area contributed by atoms with Gasteiger partial charge in [0.25, 0.3) is 0 Å². The number of hydrogen-bond donors (Lipinski definition) is 0. The zero-order chi connectivity index (χ0) is 18.4. The first-order valence-electron chi connectivity index (χ1n) is 8.82. The Hall–Kier alpha value is -2.30. The molecule has 0 fully saturated rings. The van der Waals surface area contributed by atoms with E-state index in [0.29, 0.717) is 5.02 Å². The van der Waals surface area contributed by atoms with E-state index >= 15 is 0 Å². The van der Waals surface area contributed by atoms with E-state index in [1.54, 1.807) is 0 Å². The Kier molecular flexibility index (Phi) is 4.18. The second-order valence-electron chi connectivity index (χ2n) is 6.72. The van der Waals surface area contributed by atoms with Gasteiger partial charge in [0.05, 0.1) is 11.8 Å². The van der Waals surface area contributed by atoms with Gasteiger partial charge in [-0.15, -0.1) is 0 Å². The second kappa shape index (κ2) is 6.70. The molecule has 3 aromatic carbocycles. The Morgan fingerprint density at radius 3 is 2.63 bits per heavy atom. The minimum absolute atomic E-state index is 0.151. The molecule has 0 bridgehead atoms. The largest absolute Gasteiger partial charge is 0.464 e. The number of fused-ring (bicyclic) bond motifs is 3. The maximum atomic E-state index is 6.34. The fraction of sp³-hybridized carbons (Fsp3) is 0.136. The number of benzene rings is 3. The highest BCUT2D eigenvalue weighted by atomic mass is 79.9. The van der Waals surface area contributed by atoms with Crippen molar-refractivity contribution in [2.75, 3.05) is 0 Å².